The zero-order valence-electron chi connectivity index (χ0n) is 9.96. The Morgan fingerprint density at radius 1 is 1.24 bits per heavy atom. The number of nitrogens with zero attached hydrogens (tertiary/aromatic N) is 3. The van der Waals surface area contributed by atoms with Crippen molar-refractivity contribution in [1.29, 1.82) is 0 Å². The predicted octanol–water partition coefficient (Wildman–Crippen LogP) is 2.13. The summed E-state index contributed by atoms with van der Waals surface area (Å²) < 4.78 is 4.23. The Hall–Kier alpha value is -2.16. The van der Waals surface area contributed by atoms with Gasteiger partial charge in [0.2, 0.25) is 6.33 Å². The van der Waals surface area contributed by atoms with E-state index in [2.05, 4.69) is 58.5 Å². The van der Waals surface area contributed by atoms with Crippen molar-refractivity contribution in [1.82, 2.24) is 9.38 Å². The van der Waals surface area contributed by atoms with Crippen LogP contribution < -0.4 is 4.57 Å². The molecule has 0 bridgehead atoms. The minimum atomic E-state index is 1.13. The third-order valence-electron chi connectivity index (χ3n) is 3.08. The quantitative estimate of drug-likeness (QED) is 0.580. The van der Waals surface area contributed by atoms with E-state index in [4.69, 9.17) is 0 Å². The van der Waals surface area contributed by atoms with Crippen LogP contribution >= 0.6 is 0 Å². The van der Waals surface area contributed by atoms with Crippen molar-refractivity contribution < 1.29 is 4.57 Å². The largest absolute Gasteiger partial charge is 0.256 e. The Morgan fingerprint density at radius 3 is 2.88 bits per heavy atom. The number of rotatable bonds is 1. The van der Waals surface area contributed by atoms with E-state index >= 15 is 0 Å². The molecular formula is C14H14N3+. The van der Waals surface area contributed by atoms with Crippen LogP contribution in [0, 0.1) is 6.92 Å². The van der Waals surface area contributed by atoms with E-state index in [1.807, 2.05) is 12.4 Å². The van der Waals surface area contributed by atoms with Gasteiger partial charge in [0.25, 0.3) is 0 Å². The third-order valence-corrected chi connectivity index (χ3v) is 3.08. The summed E-state index contributed by atoms with van der Waals surface area (Å²) in [4.78, 5) is 4.21. The van der Waals surface area contributed by atoms with Crippen molar-refractivity contribution in [3.05, 3.63) is 54.7 Å². The van der Waals surface area contributed by atoms with Crippen molar-refractivity contribution in [2.45, 2.75) is 6.92 Å². The molecule has 1 aromatic carbocycles. The van der Waals surface area contributed by atoms with Crippen molar-refractivity contribution in [3.8, 4) is 11.3 Å². The smallest absolute Gasteiger partial charge is 0.249 e. The molecule has 0 aliphatic rings. The van der Waals surface area contributed by atoms with Crippen LogP contribution in [0.15, 0.2) is 49.2 Å². The van der Waals surface area contributed by atoms with Crippen LogP contribution in [0.2, 0.25) is 0 Å². The van der Waals surface area contributed by atoms with E-state index in [1.165, 1.54) is 16.8 Å². The van der Waals surface area contributed by atoms with E-state index in [0.29, 0.717) is 0 Å². The average Bonchev–Trinajstić information content (AvgIpc) is 2.66. The highest BCUT2D eigenvalue weighted by atomic mass is 15.1. The van der Waals surface area contributed by atoms with Gasteiger partial charge in [-0.1, -0.05) is 24.3 Å². The van der Waals surface area contributed by atoms with Gasteiger partial charge in [0.1, 0.15) is 6.20 Å². The van der Waals surface area contributed by atoms with Crippen LogP contribution in [-0.2, 0) is 7.05 Å². The van der Waals surface area contributed by atoms with E-state index < -0.39 is 0 Å². The Balaban J connectivity index is 2.38. The highest BCUT2D eigenvalue weighted by Gasteiger charge is 2.17. The molecule has 3 rings (SSSR count). The second-order valence-corrected chi connectivity index (χ2v) is 4.26. The first-order chi connectivity index (χ1) is 8.27. The van der Waals surface area contributed by atoms with E-state index in [9.17, 15) is 0 Å². The molecule has 0 unspecified atom stereocenters. The molecular weight excluding hydrogens is 210 g/mol. The number of benzene rings is 1. The number of aromatic nitrogens is 3. The fraction of sp³-hybridized carbons (Fsp3) is 0.143. The molecule has 0 fully saturated rings. The maximum Gasteiger partial charge on any atom is 0.249 e. The lowest BCUT2D eigenvalue weighted by molar-refractivity contribution is -0.659. The molecule has 3 heteroatoms. The molecule has 84 valence electrons. The molecule has 3 aromatic rings. The van der Waals surface area contributed by atoms with Gasteiger partial charge in [-0.3, -0.25) is 4.98 Å². The predicted molar refractivity (Wildman–Crippen MR) is 66.5 cm³/mol. The topological polar surface area (TPSA) is 21.2 Å². The summed E-state index contributed by atoms with van der Waals surface area (Å²) in [6.07, 6.45) is 7.74. The molecule has 3 nitrogen and oxygen atoms in total. The Kier molecular flexibility index (Phi) is 2.18. The average molecular weight is 224 g/mol. The molecule has 0 saturated carbocycles. The summed E-state index contributed by atoms with van der Waals surface area (Å²) in [5.74, 6) is 0. The third kappa shape index (κ3) is 1.51. The zero-order valence-corrected chi connectivity index (χ0v) is 9.96. The van der Waals surface area contributed by atoms with Crippen LogP contribution in [0.3, 0.4) is 0 Å². The Labute approximate surface area is 100.0 Å². The lowest BCUT2D eigenvalue weighted by Gasteiger charge is -2.01. The lowest BCUT2D eigenvalue weighted by Crippen LogP contribution is -2.27. The molecule has 0 spiro atoms. The van der Waals surface area contributed by atoms with E-state index in [0.717, 1.165) is 5.52 Å². The fourth-order valence-electron chi connectivity index (χ4n) is 2.25. The molecule has 17 heavy (non-hydrogen) atoms. The van der Waals surface area contributed by atoms with Crippen molar-refractivity contribution in [2.75, 3.05) is 0 Å². The number of imidazole rings is 1. The number of hydrogen-bond acceptors (Lipinski definition) is 1. The molecule has 0 saturated heterocycles. The molecule has 0 atom stereocenters. The number of fused-ring (bicyclic) bond motifs is 1. The standard InChI is InChI=1S/C14H14N3/c1-11-5-3-4-6-12(11)14-13-9-15-7-8-17(13)10-16(14)2/h3-10H,1-2H3/q+1. The van der Waals surface area contributed by atoms with Gasteiger partial charge in [0.15, 0.2) is 11.2 Å². The summed E-state index contributed by atoms with van der Waals surface area (Å²) in [7, 11) is 2.06. The van der Waals surface area contributed by atoms with Gasteiger partial charge in [-0.05, 0) is 12.5 Å². The molecule has 0 radical (unpaired) electrons. The van der Waals surface area contributed by atoms with Crippen LogP contribution in [0.25, 0.3) is 16.8 Å². The molecule has 0 N–H and O–H groups in total. The normalized spacial score (nSPS) is 10.9. The summed E-state index contributed by atoms with van der Waals surface area (Å²) in [5.41, 5.74) is 4.87. The zero-order chi connectivity index (χ0) is 11.8. The molecule has 0 amide bonds. The van der Waals surface area contributed by atoms with Gasteiger partial charge in [0.05, 0.1) is 19.4 Å². The van der Waals surface area contributed by atoms with Gasteiger partial charge >= 0.3 is 0 Å². The minimum Gasteiger partial charge on any atom is -0.256 e. The summed E-state index contributed by atoms with van der Waals surface area (Å²) in [6.45, 7) is 2.13. The summed E-state index contributed by atoms with van der Waals surface area (Å²) in [6, 6.07) is 8.42. The maximum absolute atomic E-state index is 4.21. The summed E-state index contributed by atoms with van der Waals surface area (Å²) >= 11 is 0. The number of hydrogen-bond donors (Lipinski definition) is 0. The van der Waals surface area contributed by atoms with Crippen LogP contribution in [0.4, 0.5) is 0 Å². The summed E-state index contributed by atoms with van der Waals surface area (Å²) in [5, 5.41) is 0. The van der Waals surface area contributed by atoms with E-state index in [-0.39, 0.29) is 0 Å². The van der Waals surface area contributed by atoms with Crippen molar-refractivity contribution in [2.24, 2.45) is 7.05 Å². The molecule has 0 aliphatic heterocycles. The fourth-order valence-corrected chi connectivity index (χ4v) is 2.25. The van der Waals surface area contributed by atoms with Crippen LogP contribution in [0.1, 0.15) is 5.56 Å². The van der Waals surface area contributed by atoms with Crippen molar-refractivity contribution >= 4 is 5.52 Å². The first-order valence-electron chi connectivity index (χ1n) is 5.63. The van der Waals surface area contributed by atoms with Gasteiger partial charge in [-0.15, -0.1) is 0 Å². The molecule has 2 heterocycles. The second kappa shape index (κ2) is 3.70. The van der Waals surface area contributed by atoms with Gasteiger partial charge in [-0.25, -0.2) is 4.57 Å². The SMILES string of the molecule is Cc1ccccc1-c1c2cnccn2c[n+]1C. The molecule has 0 aliphatic carbocycles. The van der Waals surface area contributed by atoms with E-state index in [1.54, 1.807) is 6.20 Å². The Morgan fingerprint density at radius 2 is 2.06 bits per heavy atom. The van der Waals surface area contributed by atoms with Crippen LogP contribution in [-0.4, -0.2) is 9.38 Å². The monoisotopic (exact) mass is 224 g/mol. The first kappa shape index (κ1) is 10.0. The lowest BCUT2D eigenvalue weighted by atomic mass is 10.1. The maximum atomic E-state index is 4.21. The minimum absolute atomic E-state index is 1.13. The molecule has 2 aromatic heterocycles. The highest BCUT2D eigenvalue weighted by molar-refractivity contribution is 5.75. The van der Waals surface area contributed by atoms with Gasteiger partial charge in [-0.2, -0.15) is 4.40 Å². The van der Waals surface area contributed by atoms with Gasteiger partial charge < -0.3 is 0 Å². The van der Waals surface area contributed by atoms with Crippen molar-refractivity contribution in [3.63, 3.8) is 0 Å². The highest BCUT2D eigenvalue weighted by Crippen LogP contribution is 2.23. The van der Waals surface area contributed by atoms with Gasteiger partial charge in [0, 0.05) is 5.56 Å². The number of aryl methyl sites for hydroxylation is 2. The Bertz CT molecular complexity index is 683. The first-order valence-corrected chi connectivity index (χ1v) is 5.63. The second-order valence-electron chi connectivity index (χ2n) is 4.26. The van der Waals surface area contributed by atoms with Crippen LogP contribution in [0.5, 0.6) is 0 Å².